The number of hydrogen-bond acceptors (Lipinski definition) is 4. The molecule has 0 aliphatic rings. The minimum Gasteiger partial charge on any atom is -0.497 e. The van der Waals surface area contributed by atoms with Gasteiger partial charge in [-0.3, -0.25) is 0 Å². The molecule has 2 aromatic rings. The van der Waals surface area contributed by atoms with E-state index in [9.17, 15) is 5.11 Å². The van der Waals surface area contributed by atoms with E-state index in [-0.39, 0.29) is 6.61 Å². The number of aromatic nitrogens is 2. The van der Waals surface area contributed by atoms with E-state index in [4.69, 9.17) is 9.47 Å². The first-order valence-electron chi connectivity index (χ1n) is 6.15. The maximum atomic E-state index is 9.78. The monoisotopic (exact) mass is 262 g/mol. The second-order valence-corrected chi connectivity index (χ2v) is 4.26. The normalized spacial score (nSPS) is 12.3. The van der Waals surface area contributed by atoms with Gasteiger partial charge in [0.15, 0.2) is 0 Å². The molecule has 102 valence electrons. The van der Waals surface area contributed by atoms with Gasteiger partial charge in [0.2, 0.25) is 0 Å². The van der Waals surface area contributed by atoms with E-state index < -0.39 is 6.10 Å². The van der Waals surface area contributed by atoms with Crippen molar-refractivity contribution in [3.8, 4) is 5.75 Å². The van der Waals surface area contributed by atoms with Crippen LogP contribution in [0.3, 0.4) is 0 Å². The summed E-state index contributed by atoms with van der Waals surface area (Å²) < 4.78 is 10.6. The molecule has 5 heteroatoms. The summed E-state index contributed by atoms with van der Waals surface area (Å²) in [5, 5.41) is 9.78. The molecule has 0 saturated carbocycles. The van der Waals surface area contributed by atoms with Crippen molar-refractivity contribution in [3.05, 3.63) is 48.0 Å². The lowest BCUT2D eigenvalue weighted by Gasteiger charge is -2.10. The molecule has 5 nitrogen and oxygen atoms in total. The maximum absolute atomic E-state index is 9.78. The lowest BCUT2D eigenvalue weighted by molar-refractivity contribution is 0.0280. The third-order valence-corrected chi connectivity index (χ3v) is 2.72. The van der Waals surface area contributed by atoms with Crippen molar-refractivity contribution in [2.24, 2.45) is 0 Å². The molecule has 0 aliphatic carbocycles. The van der Waals surface area contributed by atoms with Gasteiger partial charge in [-0.15, -0.1) is 0 Å². The number of rotatable bonds is 7. The molecular formula is C14H18N2O3. The zero-order chi connectivity index (χ0) is 13.5. The number of methoxy groups -OCH3 is 1. The summed E-state index contributed by atoms with van der Waals surface area (Å²) >= 11 is 0. The topological polar surface area (TPSA) is 67.4 Å². The second-order valence-electron chi connectivity index (χ2n) is 4.26. The predicted octanol–water partition coefficient (Wildman–Crippen LogP) is 1.54. The van der Waals surface area contributed by atoms with Crippen molar-refractivity contribution in [1.82, 2.24) is 9.97 Å². The lowest BCUT2D eigenvalue weighted by Crippen LogP contribution is -2.18. The molecule has 1 unspecified atom stereocenters. The number of benzene rings is 1. The zero-order valence-corrected chi connectivity index (χ0v) is 10.9. The van der Waals surface area contributed by atoms with Gasteiger partial charge in [0.25, 0.3) is 0 Å². The Hall–Kier alpha value is -1.85. The van der Waals surface area contributed by atoms with Gasteiger partial charge < -0.3 is 19.6 Å². The van der Waals surface area contributed by atoms with Crippen LogP contribution in [0.5, 0.6) is 5.75 Å². The van der Waals surface area contributed by atoms with Crippen molar-refractivity contribution in [2.45, 2.75) is 19.1 Å². The van der Waals surface area contributed by atoms with Crippen LogP contribution < -0.4 is 4.74 Å². The standard InChI is InChI=1S/C14H18N2O3/c1-18-13-4-2-11(3-5-13)9-19-10-12(17)8-14-15-6-7-16-14/h2-7,12,17H,8-10H2,1H3,(H,15,16). The Morgan fingerprint density at radius 2 is 2.11 bits per heavy atom. The molecule has 0 amide bonds. The molecule has 1 heterocycles. The number of hydrogen-bond donors (Lipinski definition) is 2. The summed E-state index contributed by atoms with van der Waals surface area (Å²) in [5.41, 5.74) is 1.05. The molecule has 0 saturated heterocycles. The minimum absolute atomic E-state index is 0.284. The van der Waals surface area contributed by atoms with E-state index in [1.54, 1.807) is 19.5 Å². The highest BCUT2D eigenvalue weighted by atomic mass is 16.5. The summed E-state index contributed by atoms with van der Waals surface area (Å²) in [7, 11) is 1.64. The number of H-pyrrole nitrogens is 1. The summed E-state index contributed by atoms with van der Waals surface area (Å²) in [6.07, 6.45) is 3.32. The van der Waals surface area contributed by atoms with Gasteiger partial charge in [0, 0.05) is 18.8 Å². The Morgan fingerprint density at radius 1 is 1.32 bits per heavy atom. The summed E-state index contributed by atoms with van der Waals surface area (Å²) in [6, 6.07) is 7.66. The molecule has 1 aromatic carbocycles. The Labute approximate surface area is 112 Å². The SMILES string of the molecule is COc1ccc(COCC(O)Cc2ncc[nH]2)cc1. The summed E-state index contributed by atoms with van der Waals surface area (Å²) in [5.74, 6) is 1.59. The van der Waals surface area contributed by atoms with Crippen LogP contribution in [0.2, 0.25) is 0 Å². The first kappa shape index (κ1) is 13.6. The third kappa shape index (κ3) is 4.39. The molecule has 19 heavy (non-hydrogen) atoms. The Kier molecular flexibility index (Phi) is 4.94. The van der Waals surface area contributed by atoms with Crippen molar-refractivity contribution >= 4 is 0 Å². The highest BCUT2D eigenvalue weighted by Crippen LogP contribution is 2.12. The number of imidazole rings is 1. The smallest absolute Gasteiger partial charge is 0.118 e. The van der Waals surface area contributed by atoms with Gasteiger partial charge in [0.05, 0.1) is 26.4 Å². The van der Waals surface area contributed by atoms with E-state index in [1.807, 2.05) is 24.3 Å². The van der Waals surface area contributed by atoms with E-state index in [0.29, 0.717) is 13.0 Å². The minimum atomic E-state index is -0.551. The molecule has 0 aliphatic heterocycles. The van der Waals surface area contributed by atoms with Crippen molar-refractivity contribution in [3.63, 3.8) is 0 Å². The molecule has 0 radical (unpaired) electrons. The van der Waals surface area contributed by atoms with Gasteiger partial charge in [-0.25, -0.2) is 4.98 Å². The van der Waals surface area contributed by atoms with Crippen LogP contribution in [-0.2, 0) is 17.8 Å². The Balaban J connectivity index is 1.70. The van der Waals surface area contributed by atoms with Crippen LogP contribution in [-0.4, -0.2) is 34.9 Å². The summed E-state index contributed by atoms with van der Waals surface area (Å²) in [6.45, 7) is 0.756. The number of nitrogens with one attached hydrogen (secondary N) is 1. The van der Waals surface area contributed by atoms with Crippen molar-refractivity contribution in [1.29, 1.82) is 0 Å². The fraction of sp³-hybridized carbons (Fsp3) is 0.357. The van der Waals surface area contributed by atoms with Crippen molar-refractivity contribution in [2.75, 3.05) is 13.7 Å². The van der Waals surface area contributed by atoms with Crippen LogP contribution in [0.25, 0.3) is 0 Å². The molecular weight excluding hydrogens is 244 g/mol. The van der Waals surface area contributed by atoms with Gasteiger partial charge in [-0.1, -0.05) is 12.1 Å². The van der Waals surface area contributed by atoms with Crippen molar-refractivity contribution < 1.29 is 14.6 Å². The molecule has 0 fully saturated rings. The number of aromatic amines is 1. The second kappa shape index (κ2) is 6.92. The van der Waals surface area contributed by atoms with Gasteiger partial charge in [-0.05, 0) is 17.7 Å². The van der Waals surface area contributed by atoms with E-state index in [2.05, 4.69) is 9.97 Å². The van der Waals surface area contributed by atoms with E-state index in [1.165, 1.54) is 0 Å². The molecule has 2 N–H and O–H groups in total. The molecule has 1 aromatic heterocycles. The van der Waals surface area contributed by atoms with Gasteiger partial charge in [-0.2, -0.15) is 0 Å². The molecule has 0 bridgehead atoms. The Morgan fingerprint density at radius 3 is 2.74 bits per heavy atom. The zero-order valence-electron chi connectivity index (χ0n) is 10.9. The quantitative estimate of drug-likeness (QED) is 0.794. The fourth-order valence-electron chi connectivity index (χ4n) is 1.73. The highest BCUT2D eigenvalue weighted by molar-refractivity contribution is 5.26. The average molecular weight is 262 g/mol. The average Bonchev–Trinajstić information content (AvgIpc) is 2.92. The molecule has 0 spiro atoms. The predicted molar refractivity (Wildman–Crippen MR) is 70.9 cm³/mol. The lowest BCUT2D eigenvalue weighted by atomic mass is 10.2. The largest absolute Gasteiger partial charge is 0.497 e. The van der Waals surface area contributed by atoms with E-state index in [0.717, 1.165) is 17.1 Å². The first-order valence-corrected chi connectivity index (χ1v) is 6.15. The third-order valence-electron chi connectivity index (χ3n) is 2.72. The Bertz CT molecular complexity index is 468. The van der Waals surface area contributed by atoms with Gasteiger partial charge >= 0.3 is 0 Å². The van der Waals surface area contributed by atoms with E-state index >= 15 is 0 Å². The molecule has 2 rings (SSSR count). The maximum Gasteiger partial charge on any atom is 0.118 e. The first-order chi connectivity index (χ1) is 9.28. The van der Waals surface area contributed by atoms with Crippen LogP contribution >= 0.6 is 0 Å². The molecule has 1 atom stereocenters. The van der Waals surface area contributed by atoms with Gasteiger partial charge in [0.1, 0.15) is 11.6 Å². The number of aliphatic hydroxyl groups is 1. The number of ether oxygens (including phenoxy) is 2. The van der Waals surface area contributed by atoms with Crippen LogP contribution in [0.15, 0.2) is 36.7 Å². The number of aliphatic hydroxyl groups excluding tert-OH is 1. The number of nitrogens with zero attached hydrogens (tertiary/aromatic N) is 1. The van der Waals surface area contributed by atoms with Crippen LogP contribution in [0, 0.1) is 0 Å². The van der Waals surface area contributed by atoms with Crippen LogP contribution in [0.1, 0.15) is 11.4 Å². The summed E-state index contributed by atoms with van der Waals surface area (Å²) in [4.78, 5) is 7.00. The fourth-order valence-corrected chi connectivity index (χ4v) is 1.73. The highest BCUT2D eigenvalue weighted by Gasteiger charge is 2.07. The van der Waals surface area contributed by atoms with Crippen LogP contribution in [0.4, 0.5) is 0 Å².